The van der Waals surface area contributed by atoms with Crippen LogP contribution in [-0.4, -0.2) is 22.2 Å². The summed E-state index contributed by atoms with van der Waals surface area (Å²) in [6.45, 7) is 5.70. The van der Waals surface area contributed by atoms with Crippen LogP contribution in [0.1, 0.15) is 49.1 Å². The smallest absolute Gasteiger partial charge is 0.870 e. The van der Waals surface area contributed by atoms with Crippen LogP contribution in [0.15, 0.2) is 78.9 Å². The van der Waals surface area contributed by atoms with Crippen LogP contribution in [0, 0.1) is 6.92 Å². The van der Waals surface area contributed by atoms with Crippen molar-refractivity contribution in [2.24, 2.45) is 0 Å². The van der Waals surface area contributed by atoms with Gasteiger partial charge in [0.15, 0.2) is 0 Å². The van der Waals surface area contributed by atoms with E-state index in [1.165, 1.54) is 11.5 Å². The van der Waals surface area contributed by atoms with E-state index in [1.54, 1.807) is 0 Å². The fraction of sp³-hybridized carbons (Fsp3) is 0.207. The number of carbonyl (C=O) groups excluding carboxylic acids is 2. The maximum atomic E-state index is 12.6. The summed E-state index contributed by atoms with van der Waals surface area (Å²) in [5.74, 6) is -0.186. The molecule has 37 heavy (non-hydrogen) atoms. The second kappa shape index (κ2) is 14.2. The Hall–Kier alpha value is -2.81. The summed E-state index contributed by atoms with van der Waals surface area (Å²) in [5.41, 5.74) is 6.41. The largest absolute Gasteiger partial charge is 1.00 e. The molecule has 2 atom stereocenters. The number of amides is 1. The monoisotopic (exact) mass is 523 g/mol. The van der Waals surface area contributed by atoms with E-state index in [0.29, 0.717) is 5.69 Å². The number of aromatic nitrogens is 1. The van der Waals surface area contributed by atoms with Gasteiger partial charge in [-0.1, -0.05) is 97.8 Å². The first-order valence-electron chi connectivity index (χ1n) is 11.6. The van der Waals surface area contributed by atoms with Crippen molar-refractivity contribution < 1.29 is 49.4 Å². The number of anilines is 1. The van der Waals surface area contributed by atoms with Crippen molar-refractivity contribution in [1.29, 1.82) is 0 Å². The Morgan fingerprint density at radius 2 is 1.51 bits per heavy atom. The zero-order valence-corrected chi connectivity index (χ0v) is 24.2. The zero-order chi connectivity index (χ0) is 24.8. The number of nitrogens with one attached hydrogen (secondary N) is 1. The van der Waals surface area contributed by atoms with Crippen LogP contribution < -0.4 is 34.9 Å². The van der Waals surface area contributed by atoms with Crippen LogP contribution in [-0.2, 0) is 9.53 Å². The summed E-state index contributed by atoms with van der Waals surface area (Å²) < 4.78 is 10.0. The van der Waals surface area contributed by atoms with Crippen LogP contribution >= 0.6 is 11.5 Å². The molecule has 0 aliphatic heterocycles. The van der Waals surface area contributed by atoms with Crippen LogP contribution in [0.2, 0.25) is 0 Å². The molecule has 0 bridgehead atoms. The predicted octanol–water partition coefficient (Wildman–Crippen LogP) is 4.53. The molecule has 3 aromatic carbocycles. The number of carbonyl (C=O) groups is 1. The van der Waals surface area contributed by atoms with E-state index in [0.717, 1.165) is 44.8 Å². The topological polar surface area (TPSA) is 98.3 Å². The maximum absolute atomic E-state index is 12.6. The summed E-state index contributed by atoms with van der Waals surface area (Å²) in [6, 6.07) is 25.8. The average molecular weight is 524 g/mol. The molecule has 0 aliphatic rings. The van der Waals surface area contributed by atoms with E-state index in [9.17, 15) is 9.59 Å². The number of hydrogen-bond donors (Lipinski definition) is 1. The molecule has 1 heterocycles. The maximum Gasteiger partial charge on any atom is 1.00 e. The van der Waals surface area contributed by atoms with Gasteiger partial charge in [0, 0.05) is 0 Å². The summed E-state index contributed by atoms with van der Waals surface area (Å²) in [7, 11) is 0. The molecule has 6 nitrogen and oxygen atoms in total. The Kier molecular flexibility index (Phi) is 11.7. The Morgan fingerprint density at radius 3 is 2.08 bits per heavy atom. The fourth-order valence-corrected chi connectivity index (χ4v) is 4.76. The zero-order valence-electron chi connectivity index (χ0n) is 21.4. The molecular weight excluding hydrogens is 495 g/mol. The Balaban J connectivity index is 0.00000241. The van der Waals surface area contributed by atoms with Gasteiger partial charge in [-0.2, -0.15) is 4.37 Å². The van der Waals surface area contributed by atoms with Gasteiger partial charge in [0.2, 0.25) is 0 Å². The molecule has 0 radical (unpaired) electrons. The van der Waals surface area contributed by atoms with Gasteiger partial charge in [-0.05, 0) is 47.6 Å². The van der Waals surface area contributed by atoms with Gasteiger partial charge in [0.05, 0.1) is 16.3 Å². The summed E-state index contributed by atoms with van der Waals surface area (Å²) in [6.07, 6.45) is 1.96. The normalized spacial score (nSPS) is 11.9. The van der Waals surface area contributed by atoms with Gasteiger partial charge in [0.25, 0.3) is 0 Å². The quantitative estimate of drug-likeness (QED) is 0.270. The van der Waals surface area contributed by atoms with Gasteiger partial charge in [-0.25, -0.2) is 4.79 Å². The Morgan fingerprint density at radius 1 is 0.946 bits per heavy atom. The molecule has 0 saturated heterocycles. The molecule has 1 amide bonds. The molecule has 0 saturated carbocycles. The van der Waals surface area contributed by atoms with E-state index >= 15 is 0 Å². The first kappa shape index (κ1) is 30.4. The minimum absolute atomic E-state index is 0. The van der Waals surface area contributed by atoms with Crippen molar-refractivity contribution in [1.82, 2.24) is 4.37 Å². The molecule has 0 spiro atoms. The number of nitrogens with zero attached hydrogens (tertiary/aromatic N) is 1. The number of hydrogen-bond acceptors (Lipinski definition) is 6. The minimum atomic E-state index is -0.513. The van der Waals surface area contributed by atoms with E-state index in [1.807, 2.05) is 99.6 Å². The third kappa shape index (κ3) is 7.37. The summed E-state index contributed by atoms with van der Waals surface area (Å²) >= 11 is 1.34. The number of benzene rings is 3. The molecule has 186 valence electrons. The summed E-state index contributed by atoms with van der Waals surface area (Å²) in [5, 5.41) is 2.89. The SMILES string of the molecule is CC[C@@H]([C-]=O)c1ccc(-c2ccc(-c3snc(C)c3NC(=O)O[C@H](C)c3ccccc3)cc2)cc1.[Na+].[OH-]. The van der Waals surface area contributed by atoms with Crippen molar-refractivity contribution in [3.63, 3.8) is 0 Å². The number of aryl methyl sites for hydroxylation is 1. The van der Waals surface area contributed by atoms with Crippen molar-refractivity contribution in [3.05, 3.63) is 95.7 Å². The second-order valence-electron chi connectivity index (χ2n) is 8.33. The van der Waals surface area contributed by atoms with Gasteiger partial charge >= 0.3 is 35.7 Å². The Labute approximate surface area is 243 Å². The number of ether oxygens (including phenoxy) is 1. The van der Waals surface area contributed by atoms with E-state index in [-0.39, 0.29) is 47.1 Å². The van der Waals surface area contributed by atoms with Gasteiger partial charge < -0.3 is 15.0 Å². The molecule has 4 aromatic rings. The molecule has 0 fully saturated rings. The van der Waals surface area contributed by atoms with Crippen LogP contribution in [0.25, 0.3) is 21.6 Å². The second-order valence-corrected chi connectivity index (χ2v) is 9.11. The van der Waals surface area contributed by atoms with E-state index in [4.69, 9.17) is 4.74 Å². The standard InChI is InChI=1S/C29H27N2O3S.Na.H2O/c1-4-21(18-32)23-10-12-24(13-11-23)25-14-16-26(17-15-25)28-27(19(2)31-35-28)30-29(33)34-20(3)22-8-6-5-7-9-22;;/h5-17,20-21H,4H2,1-3H3,(H,30,33);;1H2/q-1;+1;/p-1/t20-,21+;;/m1../s1. The van der Waals surface area contributed by atoms with Crippen LogP contribution in [0.3, 0.4) is 0 Å². The van der Waals surface area contributed by atoms with E-state index < -0.39 is 6.09 Å². The molecular formula is C29H28N2NaO4S-. The molecule has 0 unspecified atom stereocenters. The van der Waals surface area contributed by atoms with Gasteiger partial charge in [0.1, 0.15) is 6.10 Å². The third-order valence-electron chi connectivity index (χ3n) is 5.99. The molecule has 4 rings (SSSR count). The predicted molar refractivity (Wildman–Crippen MR) is 143 cm³/mol. The van der Waals surface area contributed by atoms with Gasteiger partial charge in [-0.15, -0.1) is 5.92 Å². The number of rotatable bonds is 8. The fourth-order valence-electron chi connectivity index (χ4n) is 3.91. The van der Waals surface area contributed by atoms with Crippen molar-refractivity contribution in [2.75, 3.05) is 5.32 Å². The third-order valence-corrected chi connectivity index (χ3v) is 6.97. The van der Waals surface area contributed by atoms with Gasteiger partial charge in [-0.3, -0.25) is 11.6 Å². The van der Waals surface area contributed by atoms with Crippen LogP contribution in [0.4, 0.5) is 10.5 Å². The molecule has 8 heteroatoms. The molecule has 1 aromatic heterocycles. The minimum Gasteiger partial charge on any atom is -0.870 e. The molecule has 2 N–H and O–H groups in total. The van der Waals surface area contributed by atoms with Crippen molar-refractivity contribution in [3.8, 4) is 21.6 Å². The van der Waals surface area contributed by atoms with Crippen molar-refractivity contribution in [2.45, 2.75) is 39.2 Å². The Bertz CT molecular complexity index is 1290. The average Bonchev–Trinajstić information content (AvgIpc) is 3.25. The summed E-state index contributed by atoms with van der Waals surface area (Å²) in [4.78, 5) is 24.6. The first-order valence-corrected chi connectivity index (χ1v) is 12.3. The van der Waals surface area contributed by atoms with Crippen LogP contribution in [0.5, 0.6) is 0 Å². The first-order chi connectivity index (χ1) is 17.0. The van der Waals surface area contributed by atoms with Crippen molar-refractivity contribution >= 4 is 29.6 Å². The molecule has 0 aliphatic carbocycles. The van der Waals surface area contributed by atoms with E-state index in [2.05, 4.69) is 16.0 Å².